The minimum absolute atomic E-state index is 0.133. The van der Waals surface area contributed by atoms with Gasteiger partial charge in [-0.2, -0.15) is 0 Å². The van der Waals surface area contributed by atoms with Gasteiger partial charge in [-0.25, -0.2) is 9.97 Å². The summed E-state index contributed by atoms with van der Waals surface area (Å²) in [6, 6.07) is 18.9. The van der Waals surface area contributed by atoms with Crippen LogP contribution in [0.25, 0.3) is 33.4 Å². The molecule has 7 heteroatoms. The number of aromatic nitrogens is 3. The van der Waals surface area contributed by atoms with E-state index in [4.69, 9.17) is 4.74 Å². The van der Waals surface area contributed by atoms with Crippen LogP contribution >= 0.6 is 11.9 Å². The Kier molecular flexibility index (Phi) is 8.36. The van der Waals surface area contributed by atoms with E-state index in [-0.39, 0.29) is 6.10 Å². The SMILES string of the molecule is C=CCNSc1ccc(-c2[nH]c3ncnc(NCC(CC)OCC)c3c2-c2ccccc2)cc1. The summed E-state index contributed by atoms with van der Waals surface area (Å²) in [7, 11) is 0. The molecule has 2 aromatic carbocycles. The molecule has 3 N–H and O–H groups in total. The van der Waals surface area contributed by atoms with Crippen molar-refractivity contribution in [2.75, 3.05) is 25.0 Å². The van der Waals surface area contributed by atoms with Crippen LogP contribution < -0.4 is 10.0 Å². The van der Waals surface area contributed by atoms with Crippen molar-refractivity contribution in [3.05, 3.63) is 73.6 Å². The summed E-state index contributed by atoms with van der Waals surface area (Å²) in [6.45, 7) is 10.0. The quantitative estimate of drug-likeness (QED) is 0.127. The lowest BCUT2D eigenvalue weighted by Crippen LogP contribution is -2.23. The largest absolute Gasteiger partial charge is 0.377 e. The molecular formula is C27H31N5OS. The molecule has 0 aliphatic rings. The summed E-state index contributed by atoms with van der Waals surface area (Å²) >= 11 is 1.60. The van der Waals surface area contributed by atoms with Crippen molar-refractivity contribution in [3.8, 4) is 22.4 Å². The first-order valence-corrected chi connectivity index (χ1v) is 12.4. The number of hydrogen-bond acceptors (Lipinski definition) is 6. The number of aromatic amines is 1. The number of anilines is 1. The number of ether oxygens (including phenoxy) is 1. The predicted octanol–water partition coefficient (Wildman–Crippen LogP) is 6.30. The van der Waals surface area contributed by atoms with Crippen molar-refractivity contribution in [3.63, 3.8) is 0 Å². The van der Waals surface area contributed by atoms with Crippen LogP contribution in [0.5, 0.6) is 0 Å². The molecule has 2 heterocycles. The second kappa shape index (κ2) is 11.8. The fourth-order valence-electron chi connectivity index (χ4n) is 3.91. The number of nitrogens with zero attached hydrogens (tertiary/aromatic N) is 2. The van der Waals surface area contributed by atoms with E-state index in [9.17, 15) is 0 Å². The second-order valence-electron chi connectivity index (χ2n) is 7.82. The Hall–Kier alpha value is -3.13. The molecule has 34 heavy (non-hydrogen) atoms. The molecule has 6 nitrogen and oxygen atoms in total. The molecule has 2 aromatic heterocycles. The first-order chi connectivity index (χ1) is 16.7. The van der Waals surface area contributed by atoms with Crippen molar-refractivity contribution in [2.24, 2.45) is 0 Å². The maximum absolute atomic E-state index is 5.83. The number of H-pyrrole nitrogens is 1. The minimum atomic E-state index is 0.133. The Morgan fingerprint density at radius 1 is 1.06 bits per heavy atom. The molecule has 0 spiro atoms. The highest BCUT2D eigenvalue weighted by Gasteiger charge is 2.20. The van der Waals surface area contributed by atoms with Gasteiger partial charge in [0.25, 0.3) is 0 Å². The summed E-state index contributed by atoms with van der Waals surface area (Å²) in [4.78, 5) is 13.9. The van der Waals surface area contributed by atoms with Crippen LogP contribution in [0.3, 0.4) is 0 Å². The predicted molar refractivity (Wildman–Crippen MR) is 143 cm³/mol. The van der Waals surface area contributed by atoms with Crippen molar-refractivity contribution < 1.29 is 4.74 Å². The van der Waals surface area contributed by atoms with Gasteiger partial charge in [0, 0.05) is 30.2 Å². The van der Waals surface area contributed by atoms with Gasteiger partial charge in [0.2, 0.25) is 0 Å². The average Bonchev–Trinajstić information content (AvgIpc) is 3.28. The standard InChI is InChI=1S/C27H31N5OS/c1-4-16-31-34-22-14-12-20(13-15-22)25-23(19-10-8-7-9-11-19)24-26(29-18-30-27(24)32-25)28-17-21(5-2)33-6-3/h4,7-15,18,21,31H,1,5-6,16-17H2,2-3H3,(H2,28,29,30,32). The first kappa shape index (κ1) is 24.0. The second-order valence-corrected chi connectivity index (χ2v) is 8.78. The van der Waals surface area contributed by atoms with E-state index < -0.39 is 0 Å². The van der Waals surface area contributed by atoms with Crippen LogP contribution in [0.4, 0.5) is 5.82 Å². The van der Waals surface area contributed by atoms with Crippen molar-refractivity contribution in [2.45, 2.75) is 31.3 Å². The molecule has 4 aromatic rings. The maximum Gasteiger partial charge on any atom is 0.143 e. The summed E-state index contributed by atoms with van der Waals surface area (Å²) in [5.74, 6) is 0.810. The average molecular weight is 474 g/mol. The molecule has 0 bridgehead atoms. The van der Waals surface area contributed by atoms with Crippen molar-refractivity contribution in [1.82, 2.24) is 19.7 Å². The summed E-state index contributed by atoms with van der Waals surface area (Å²) < 4.78 is 9.10. The maximum atomic E-state index is 5.83. The Morgan fingerprint density at radius 2 is 1.85 bits per heavy atom. The van der Waals surface area contributed by atoms with Crippen LogP contribution in [0.1, 0.15) is 20.3 Å². The fraction of sp³-hybridized carbons (Fsp3) is 0.259. The third kappa shape index (κ3) is 5.50. The van der Waals surface area contributed by atoms with Crippen LogP contribution in [0.2, 0.25) is 0 Å². The van der Waals surface area contributed by atoms with Gasteiger partial charge in [-0.3, -0.25) is 4.72 Å². The van der Waals surface area contributed by atoms with Crippen LogP contribution in [-0.4, -0.2) is 40.8 Å². The lowest BCUT2D eigenvalue weighted by Gasteiger charge is -2.16. The topological polar surface area (TPSA) is 74.9 Å². The van der Waals surface area contributed by atoms with Gasteiger partial charge < -0.3 is 15.0 Å². The number of fused-ring (bicyclic) bond motifs is 1. The van der Waals surface area contributed by atoms with Crippen molar-refractivity contribution >= 4 is 28.8 Å². The van der Waals surface area contributed by atoms with Gasteiger partial charge in [0.05, 0.1) is 17.2 Å². The van der Waals surface area contributed by atoms with Gasteiger partial charge >= 0.3 is 0 Å². The van der Waals surface area contributed by atoms with E-state index in [0.717, 1.165) is 57.1 Å². The lowest BCUT2D eigenvalue weighted by atomic mass is 9.99. The highest BCUT2D eigenvalue weighted by molar-refractivity contribution is 7.97. The number of hydrogen-bond donors (Lipinski definition) is 3. The molecule has 0 saturated carbocycles. The minimum Gasteiger partial charge on any atom is -0.377 e. The molecule has 0 aliphatic carbocycles. The molecule has 1 unspecified atom stereocenters. The summed E-state index contributed by atoms with van der Waals surface area (Å²) in [5, 5.41) is 4.51. The van der Waals surface area contributed by atoms with Crippen LogP contribution in [0, 0.1) is 0 Å². The zero-order chi connectivity index (χ0) is 23.8. The molecule has 0 radical (unpaired) electrons. The molecule has 0 fully saturated rings. The zero-order valence-electron chi connectivity index (χ0n) is 19.7. The van der Waals surface area contributed by atoms with E-state index >= 15 is 0 Å². The summed E-state index contributed by atoms with van der Waals surface area (Å²) in [6.07, 6.45) is 4.52. The molecule has 0 saturated heterocycles. The van der Waals surface area contributed by atoms with E-state index in [2.05, 4.69) is 87.0 Å². The molecule has 176 valence electrons. The Balaban J connectivity index is 1.76. The molecular weight excluding hydrogens is 442 g/mol. The highest BCUT2D eigenvalue weighted by atomic mass is 32.2. The lowest BCUT2D eigenvalue weighted by molar-refractivity contribution is 0.0695. The molecule has 1 atom stereocenters. The normalized spacial score (nSPS) is 12.1. The van der Waals surface area contributed by atoms with E-state index in [1.807, 2.05) is 19.1 Å². The van der Waals surface area contributed by atoms with Gasteiger partial charge in [0.1, 0.15) is 17.8 Å². The number of nitrogens with one attached hydrogen (secondary N) is 3. The van der Waals surface area contributed by atoms with Gasteiger partial charge in [0.15, 0.2) is 0 Å². The van der Waals surface area contributed by atoms with Crippen LogP contribution in [0.15, 0.2) is 78.5 Å². The highest BCUT2D eigenvalue weighted by Crippen LogP contribution is 2.40. The third-order valence-corrected chi connectivity index (χ3v) is 6.39. The Bertz CT molecular complexity index is 1210. The van der Waals surface area contributed by atoms with Gasteiger partial charge in [-0.1, -0.05) is 55.5 Å². The molecule has 0 amide bonds. The Morgan fingerprint density at radius 3 is 2.56 bits per heavy atom. The first-order valence-electron chi connectivity index (χ1n) is 11.6. The molecule has 4 rings (SSSR count). The van der Waals surface area contributed by atoms with E-state index in [1.54, 1.807) is 18.3 Å². The van der Waals surface area contributed by atoms with E-state index in [0.29, 0.717) is 13.2 Å². The van der Waals surface area contributed by atoms with Gasteiger partial charge in [-0.15, -0.1) is 6.58 Å². The number of rotatable bonds is 12. The van der Waals surface area contributed by atoms with Crippen molar-refractivity contribution in [1.29, 1.82) is 0 Å². The fourth-order valence-corrected chi connectivity index (χ4v) is 4.55. The van der Waals surface area contributed by atoms with Gasteiger partial charge in [-0.05, 0) is 48.6 Å². The molecule has 0 aliphatic heterocycles. The smallest absolute Gasteiger partial charge is 0.143 e. The monoisotopic (exact) mass is 473 g/mol. The zero-order valence-corrected chi connectivity index (χ0v) is 20.5. The van der Waals surface area contributed by atoms with E-state index in [1.165, 1.54) is 0 Å². The Labute approximate surface area is 205 Å². The van der Waals surface area contributed by atoms with Crippen LogP contribution in [-0.2, 0) is 4.74 Å². The summed E-state index contributed by atoms with van der Waals surface area (Å²) in [5.41, 5.74) is 5.13. The number of benzene rings is 2. The third-order valence-electron chi connectivity index (χ3n) is 5.57.